The summed E-state index contributed by atoms with van der Waals surface area (Å²) in [5.41, 5.74) is -0.349. The topological polar surface area (TPSA) is 68.8 Å². The number of aliphatic imine (C=N–C) groups is 1. The third-order valence-electron chi connectivity index (χ3n) is 5.37. The number of nitrogens with one attached hydrogen (secondary N) is 3. The molecule has 0 aromatic heterocycles. The molecule has 1 amide bonds. The van der Waals surface area contributed by atoms with Gasteiger partial charge in [0.15, 0.2) is 5.96 Å². The molecule has 26 heavy (non-hydrogen) atoms. The molecule has 0 aromatic carbocycles. The van der Waals surface area contributed by atoms with Crippen molar-refractivity contribution in [2.24, 2.45) is 10.4 Å². The Balaban J connectivity index is 0.00000338. The summed E-state index contributed by atoms with van der Waals surface area (Å²) in [6, 6.07) is 1.91. The second kappa shape index (κ2) is 10.7. The summed E-state index contributed by atoms with van der Waals surface area (Å²) >= 11 is 0. The van der Waals surface area contributed by atoms with Crippen LogP contribution in [0, 0.1) is 5.41 Å². The molecule has 3 N–H and O–H groups in total. The lowest BCUT2D eigenvalue weighted by molar-refractivity contribution is -0.128. The first-order valence-electron chi connectivity index (χ1n) is 9.86. The van der Waals surface area contributed by atoms with Crippen molar-refractivity contribution in [3.63, 3.8) is 0 Å². The summed E-state index contributed by atoms with van der Waals surface area (Å²) in [5, 5.41) is 9.92. The molecule has 2 unspecified atom stereocenters. The highest BCUT2D eigenvalue weighted by Crippen LogP contribution is 2.32. The fourth-order valence-corrected chi connectivity index (χ4v) is 3.85. The molecule has 0 spiro atoms. The lowest BCUT2D eigenvalue weighted by Gasteiger charge is -2.47. The van der Waals surface area contributed by atoms with Crippen molar-refractivity contribution in [2.45, 2.75) is 77.9 Å². The van der Waals surface area contributed by atoms with Gasteiger partial charge in [-0.25, -0.2) is 0 Å². The summed E-state index contributed by atoms with van der Waals surface area (Å²) in [6.07, 6.45) is 6.39. The Labute approximate surface area is 176 Å². The van der Waals surface area contributed by atoms with Crippen molar-refractivity contribution in [3.8, 4) is 0 Å². The van der Waals surface area contributed by atoms with Gasteiger partial charge < -0.3 is 20.9 Å². The van der Waals surface area contributed by atoms with Crippen LogP contribution in [0.1, 0.15) is 59.8 Å². The number of halogens is 1. The fourth-order valence-electron chi connectivity index (χ4n) is 3.85. The molecule has 2 aliphatic heterocycles. The van der Waals surface area contributed by atoms with Gasteiger partial charge >= 0.3 is 0 Å². The Morgan fingerprint density at radius 1 is 1.15 bits per heavy atom. The number of fused-ring (bicyclic) bond motifs is 2. The SMILES string of the molecule is CCNC(=NCCNC(=O)C(C)(C)C)NC1CC2CCCC(C1)N2C.I. The van der Waals surface area contributed by atoms with Gasteiger partial charge in [-0.3, -0.25) is 9.79 Å². The zero-order valence-electron chi connectivity index (χ0n) is 17.1. The molecule has 0 aliphatic carbocycles. The molecular weight excluding hydrogens is 441 g/mol. The molecule has 2 atom stereocenters. The monoisotopic (exact) mass is 479 g/mol. The molecule has 2 heterocycles. The minimum Gasteiger partial charge on any atom is -0.357 e. The van der Waals surface area contributed by atoms with E-state index in [1.54, 1.807) is 0 Å². The third kappa shape index (κ3) is 6.87. The van der Waals surface area contributed by atoms with E-state index in [0.29, 0.717) is 31.2 Å². The molecule has 2 bridgehead atoms. The van der Waals surface area contributed by atoms with Gasteiger partial charge in [0.05, 0.1) is 6.54 Å². The number of amides is 1. The number of guanidine groups is 1. The second-order valence-corrected chi connectivity index (χ2v) is 8.48. The van der Waals surface area contributed by atoms with E-state index in [1.165, 1.54) is 32.1 Å². The Hall–Kier alpha value is -0.570. The van der Waals surface area contributed by atoms with Gasteiger partial charge in [-0.2, -0.15) is 0 Å². The van der Waals surface area contributed by atoms with Gasteiger partial charge in [0, 0.05) is 36.6 Å². The van der Waals surface area contributed by atoms with Gasteiger partial charge in [-0.05, 0) is 39.7 Å². The number of hydrogen-bond donors (Lipinski definition) is 3. The molecule has 7 heteroatoms. The maximum absolute atomic E-state index is 11.9. The van der Waals surface area contributed by atoms with Crippen LogP contribution in [0.2, 0.25) is 0 Å². The van der Waals surface area contributed by atoms with Crippen molar-refractivity contribution >= 4 is 35.8 Å². The van der Waals surface area contributed by atoms with Gasteiger partial charge in [0.1, 0.15) is 0 Å². The van der Waals surface area contributed by atoms with Crippen LogP contribution in [0.5, 0.6) is 0 Å². The number of nitrogens with zero attached hydrogens (tertiary/aromatic N) is 2. The molecule has 0 saturated carbocycles. The van der Waals surface area contributed by atoms with Crippen molar-refractivity contribution in [2.75, 3.05) is 26.7 Å². The van der Waals surface area contributed by atoms with Crippen LogP contribution in [-0.2, 0) is 4.79 Å². The summed E-state index contributed by atoms with van der Waals surface area (Å²) < 4.78 is 0. The molecule has 2 fully saturated rings. The van der Waals surface area contributed by atoms with Crippen LogP contribution < -0.4 is 16.0 Å². The molecule has 2 rings (SSSR count). The molecular formula is C19H38IN5O. The summed E-state index contributed by atoms with van der Waals surface area (Å²) in [5.74, 6) is 0.948. The van der Waals surface area contributed by atoms with Crippen molar-refractivity contribution < 1.29 is 4.79 Å². The van der Waals surface area contributed by atoms with Crippen LogP contribution in [-0.4, -0.2) is 61.6 Å². The first kappa shape index (κ1) is 23.5. The van der Waals surface area contributed by atoms with Gasteiger partial charge in [-0.15, -0.1) is 24.0 Å². The van der Waals surface area contributed by atoms with E-state index in [-0.39, 0.29) is 35.3 Å². The van der Waals surface area contributed by atoms with Gasteiger partial charge in [0.2, 0.25) is 5.91 Å². The van der Waals surface area contributed by atoms with E-state index >= 15 is 0 Å². The van der Waals surface area contributed by atoms with Crippen LogP contribution in [0.25, 0.3) is 0 Å². The molecule has 6 nitrogen and oxygen atoms in total. The largest absolute Gasteiger partial charge is 0.357 e. The maximum Gasteiger partial charge on any atom is 0.225 e. The zero-order valence-corrected chi connectivity index (χ0v) is 19.4. The number of piperidine rings is 2. The molecule has 2 saturated heterocycles. The second-order valence-electron chi connectivity index (χ2n) is 8.48. The molecule has 0 aromatic rings. The summed E-state index contributed by atoms with van der Waals surface area (Å²) in [6.45, 7) is 9.88. The minimum atomic E-state index is -0.349. The van der Waals surface area contributed by atoms with E-state index < -0.39 is 0 Å². The van der Waals surface area contributed by atoms with Gasteiger partial charge in [0.25, 0.3) is 0 Å². The van der Waals surface area contributed by atoms with Gasteiger partial charge in [-0.1, -0.05) is 27.2 Å². The van der Waals surface area contributed by atoms with Crippen molar-refractivity contribution in [1.29, 1.82) is 0 Å². The number of carbonyl (C=O) groups excluding carboxylic acids is 1. The van der Waals surface area contributed by atoms with Crippen molar-refractivity contribution in [1.82, 2.24) is 20.9 Å². The highest BCUT2D eigenvalue weighted by Gasteiger charge is 2.36. The van der Waals surface area contributed by atoms with E-state index in [1.807, 2.05) is 20.8 Å². The first-order valence-corrected chi connectivity index (χ1v) is 9.86. The quantitative estimate of drug-likeness (QED) is 0.245. The predicted octanol–water partition coefficient (Wildman–Crippen LogP) is 2.34. The normalized spacial score (nSPS) is 26.7. The first-order chi connectivity index (χ1) is 11.8. The van der Waals surface area contributed by atoms with E-state index in [9.17, 15) is 4.79 Å². The molecule has 0 radical (unpaired) electrons. The van der Waals surface area contributed by atoms with E-state index in [4.69, 9.17) is 0 Å². The number of rotatable bonds is 5. The smallest absolute Gasteiger partial charge is 0.225 e. The number of hydrogen-bond acceptors (Lipinski definition) is 3. The fraction of sp³-hybridized carbons (Fsp3) is 0.895. The molecule has 2 aliphatic rings. The van der Waals surface area contributed by atoms with Crippen LogP contribution in [0.15, 0.2) is 4.99 Å². The average Bonchev–Trinajstić information content (AvgIpc) is 2.51. The Kier molecular flexibility index (Phi) is 9.64. The van der Waals surface area contributed by atoms with E-state index in [2.05, 4.69) is 39.8 Å². The Morgan fingerprint density at radius 2 is 1.77 bits per heavy atom. The summed E-state index contributed by atoms with van der Waals surface area (Å²) in [7, 11) is 2.28. The predicted molar refractivity (Wildman–Crippen MR) is 119 cm³/mol. The van der Waals surface area contributed by atoms with Crippen LogP contribution >= 0.6 is 24.0 Å². The van der Waals surface area contributed by atoms with Crippen LogP contribution in [0.4, 0.5) is 0 Å². The number of carbonyl (C=O) groups is 1. The lowest BCUT2D eigenvalue weighted by atomic mass is 9.82. The third-order valence-corrected chi connectivity index (χ3v) is 5.37. The molecule has 152 valence electrons. The highest BCUT2D eigenvalue weighted by molar-refractivity contribution is 14.0. The standard InChI is InChI=1S/C19H37N5O.HI/c1-6-20-18(22-11-10-21-17(25)19(2,3)4)23-14-12-15-8-7-9-16(13-14)24(15)5;/h14-16H,6-13H2,1-5H3,(H,21,25)(H2,20,22,23);1H. The van der Waals surface area contributed by atoms with Crippen molar-refractivity contribution in [3.05, 3.63) is 0 Å². The van der Waals surface area contributed by atoms with Crippen LogP contribution in [0.3, 0.4) is 0 Å². The summed E-state index contributed by atoms with van der Waals surface area (Å²) in [4.78, 5) is 19.1. The maximum atomic E-state index is 11.9. The average molecular weight is 479 g/mol. The minimum absolute atomic E-state index is 0. The Bertz CT molecular complexity index is 463. The zero-order chi connectivity index (χ0) is 18.4. The Morgan fingerprint density at radius 3 is 2.31 bits per heavy atom. The highest BCUT2D eigenvalue weighted by atomic mass is 127. The van der Waals surface area contributed by atoms with E-state index in [0.717, 1.165) is 12.5 Å². The lowest BCUT2D eigenvalue weighted by Crippen LogP contribution is -2.56.